The molecule has 0 aromatic heterocycles. The average molecular weight is 582 g/mol. The average Bonchev–Trinajstić information content (AvgIpc) is 2.88. The fourth-order valence-corrected chi connectivity index (χ4v) is 3.21. The molecule has 2 N–H and O–H groups in total. The van der Waals surface area contributed by atoms with E-state index in [4.69, 9.17) is 34.2 Å². The van der Waals surface area contributed by atoms with Crippen molar-refractivity contribution in [2.24, 2.45) is 17.6 Å². The molecule has 0 saturated carbocycles. The Balaban J connectivity index is 3.28. The van der Waals surface area contributed by atoms with Crippen LogP contribution in [-0.4, -0.2) is 54.7 Å². The maximum Gasteiger partial charge on any atom is 0.514 e. The molecule has 0 fully saturated rings. The van der Waals surface area contributed by atoms with Gasteiger partial charge >= 0.3 is 24.2 Å². The van der Waals surface area contributed by atoms with Gasteiger partial charge in [0, 0.05) is 12.8 Å². The molecule has 1 aromatic rings. The van der Waals surface area contributed by atoms with Crippen molar-refractivity contribution in [1.29, 1.82) is 0 Å². The number of carbonyl (C=O) groups is 4. The lowest BCUT2D eigenvalue weighted by Gasteiger charge is -2.27. The summed E-state index contributed by atoms with van der Waals surface area (Å²) in [4.78, 5) is 50.0. The Bertz CT molecular complexity index is 1070. The van der Waals surface area contributed by atoms with Crippen molar-refractivity contribution >= 4 is 24.2 Å². The summed E-state index contributed by atoms with van der Waals surface area (Å²) in [5, 5.41) is 0. The number of nitrogens with two attached hydrogens (primary N) is 1. The van der Waals surface area contributed by atoms with E-state index >= 15 is 0 Å². The van der Waals surface area contributed by atoms with E-state index in [-0.39, 0.29) is 42.8 Å². The molecule has 0 amide bonds. The molecule has 2 atom stereocenters. The van der Waals surface area contributed by atoms with Crippen LogP contribution in [0.2, 0.25) is 0 Å². The van der Waals surface area contributed by atoms with Crippen molar-refractivity contribution in [3.05, 3.63) is 23.8 Å². The normalized spacial score (nSPS) is 14.0. The van der Waals surface area contributed by atoms with Crippen molar-refractivity contribution in [3.8, 4) is 11.5 Å². The first kappa shape index (κ1) is 35.7. The number of rotatable bonds is 14. The van der Waals surface area contributed by atoms with Crippen LogP contribution in [0.5, 0.6) is 11.5 Å². The molecule has 0 heterocycles. The van der Waals surface area contributed by atoms with Crippen LogP contribution in [0.25, 0.3) is 0 Å². The number of hydrogen-bond acceptors (Lipinski definition) is 11. The number of carbonyl (C=O) groups excluding carboxylic acids is 4. The van der Waals surface area contributed by atoms with Crippen molar-refractivity contribution in [1.82, 2.24) is 0 Å². The zero-order valence-electron chi connectivity index (χ0n) is 26.1. The number of benzene rings is 1. The quantitative estimate of drug-likeness (QED) is 0.163. The smallest absolute Gasteiger partial charge is 0.468 e. The molecule has 1 aromatic carbocycles. The van der Waals surface area contributed by atoms with Gasteiger partial charge in [-0.25, -0.2) is 9.59 Å². The van der Waals surface area contributed by atoms with E-state index in [9.17, 15) is 19.2 Å². The first-order chi connectivity index (χ1) is 18.9. The highest BCUT2D eigenvalue weighted by Gasteiger charge is 2.36. The highest BCUT2D eigenvalue weighted by molar-refractivity contribution is 5.81. The van der Waals surface area contributed by atoms with Gasteiger partial charge in [0.05, 0.1) is 19.6 Å². The van der Waals surface area contributed by atoms with Crippen LogP contribution in [0.15, 0.2) is 18.2 Å². The molecule has 0 saturated heterocycles. The van der Waals surface area contributed by atoms with E-state index in [1.54, 1.807) is 40.7 Å². The number of hydrogen-bond donors (Lipinski definition) is 1. The van der Waals surface area contributed by atoms with Gasteiger partial charge in [0.1, 0.15) is 16.7 Å². The van der Waals surface area contributed by atoms with Crippen LogP contribution in [0.4, 0.5) is 9.59 Å². The Labute approximate surface area is 243 Å². The van der Waals surface area contributed by atoms with Gasteiger partial charge in [-0.3, -0.25) is 9.59 Å². The summed E-state index contributed by atoms with van der Waals surface area (Å²) in [6.07, 6.45) is -1.04. The molecule has 0 radical (unpaired) electrons. The summed E-state index contributed by atoms with van der Waals surface area (Å²) in [5.41, 5.74) is 3.75. The zero-order chi connectivity index (χ0) is 31.6. The fourth-order valence-electron chi connectivity index (χ4n) is 3.21. The largest absolute Gasteiger partial charge is 0.514 e. The molecule has 11 heteroatoms. The van der Waals surface area contributed by atoms with Gasteiger partial charge < -0.3 is 34.2 Å². The second kappa shape index (κ2) is 15.0. The predicted molar refractivity (Wildman–Crippen MR) is 152 cm³/mol. The second-order valence-electron chi connectivity index (χ2n) is 11.7. The van der Waals surface area contributed by atoms with Gasteiger partial charge in [0.15, 0.2) is 11.5 Å². The Morgan fingerprint density at radius 1 is 0.854 bits per heavy atom. The Hall–Kier alpha value is -3.34. The van der Waals surface area contributed by atoms with E-state index < -0.39 is 41.0 Å². The third kappa shape index (κ3) is 11.6. The monoisotopic (exact) mass is 581 g/mol. The molecule has 232 valence electrons. The molecule has 1 unspecified atom stereocenters. The summed E-state index contributed by atoms with van der Waals surface area (Å²) in [7, 11) is 1.21. The van der Waals surface area contributed by atoms with E-state index in [0.717, 1.165) is 0 Å². The van der Waals surface area contributed by atoms with Gasteiger partial charge in [-0.2, -0.15) is 0 Å². The van der Waals surface area contributed by atoms with Gasteiger partial charge in [-0.1, -0.05) is 40.7 Å². The van der Waals surface area contributed by atoms with Crippen molar-refractivity contribution in [3.63, 3.8) is 0 Å². The summed E-state index contributed by atoms with van der Waals surface area (Å²) < 4.78 is 31.8. The summed E-state index contributed by atoms with van der Waals surface area (Å²) in [6, 6.07) is 4.36. The minimum atomic E-state index is -1.58. The van der Waals surface area contributed by atoms with Gasteiger partial charge in [0.25, 0.3) is 0 Å². The van der Waals surface area contributed by atoms with Crippen molar-refractivity contribution in [2.75, 3.05) is 13.7 Å². The number of esters is 2. The maximum atomic E-state index is 12.7. The first-order valence-electron chi connectivity index (χ1n) is 13.9. The SMILES string of the molecule is CCC(C)(C)OC(=O)Oc1ccc(C[C@](N)(CCOC(=O)C(C)C(C)C)C(=O)OC)cc1OC(=O)OC(C)(C)CC. The van der Waals surface area contributed by atoms with Crippen LogP contribution >= 0.6 is 0 Å². The highest BCUT2D eigenvalue weighted by Crippen LogP contribution is 2.32. The Morgan fingerprint density at radius 3 is 1.83 bits per heavy atom. The highest BCUT2D eigenvalue weighted by atomic mass is 16.8. The Kier molecular flexibility index (Phi) is 13.1. The molecular weight excluding hydrogens is 534 g/mol. The summed E-state index contributed by atoms with van der Waals surface area (Å²) in [6.45, 7) is 16.1. The van der Waals surface area contributed by atoms with E-state index in [0.29, 0.717) is 18.4 Å². The molecule has 11 nitrogen and oxygen atoms in total. The van der Waals surface area contributed by atoms with E-state index in [1.165, 1.54) is 19.2 Å². The van der Waals surface area contributed by atoms with Crippen LogP contribution in [0.1, 0.15) is 87.1 Å². The fraction of sp³-hybridized carbons (Fsp3) is 0.667. The number of ether oxygens (including phenoxy) is 6. The molecule has 1 rings (SSSR count). The summed E-state index contributed by atoms with van der Waals surface area (Å²) >= 11 is 0. The molecule has 0 aliphatic carbocycles. The van der Waals surface area contributed by atoms with E-state index in [1.807, 2.05) is 27.7 Å². The molecule has 0 aliphatic heterocycles. The lowest BCUT2D eigenvalue weighted by atomic mass is 9.88. The van der Waals surface area contributed by atoms with Crippen LogP contribution in [-0.2, 0) is 35.0 Å². The summed E-state index contributed by atoms with van der Waals surface area (Å²) in [5.74, 6) is -1.59. The Morgan fingerprint density at radius 2 is 1.37 bits per heavy atom. The molecule has 0 bridgehead atoms. The van der Waals surface area contributed by atoms with Crippen molar-refractivity contribution < 1.29 is 47.6 Å². The topological polar surface area (TPSA) is 150 Å². The molecule has 0 aliphatic rings. The zero-order valence-corrected chi connectivity index (χ0v) is 26.1. The van der Waals surface area contributed by atoms with Crippen LogP contribution in [0.3, 0.4) is 0 Å². The maximum absolute atomic E-state index is 12.7. The molecule has 41 heavy (non-hydrogen) atoms. The minimum absolute atomic E-state index is 0.0319. The van der Waals surface area contributed by atoms with E-state index in [2.05, 4.69) is 0 Å². The van der Waals surface area contributed by atoms with Gasteiger partial charge in [-0.05, 0) is 64.2 Å². The number of methoxy groups -OCH3 is 1. The predicted octanol–water partition coefficient (Wildman–Crippen LogP) is 5.73. The third-order valence-corrected chi connectivity index (χ3v) is 7.09. The standard InChI is InChI=1S/C30H47NO10/c1-11-28(6,7)40-26(34)38-22-14-13-21(17-23(22)39-27(35)41-29(8,9)12-2)18-30(31,25(33)36-10)15-16-37-24(32)20(5)19(3)4/h13-14,17,19-20H,11-12,15-16,18,31H2,1-10H3/t20?,30-/m1/s1. The lowest BCUT2D eigenvalue weighted by Crippen LogP contribution is -2.51. The molecular formula is C30H47NO10. The second-order valence-corrected chi connectivity index (χ2v) is 11.7. The molecule has 0 spiro atoms. The minimum Gasteiger partial charge on any atom is -0.468 e. The van der Waals surface area contributed by atoms with Crippen LogP contribution in [0, 0.1) is 11.8 Å². The van der Waals surface area contributed by atoms with Crippen LogP contribution < -0.4 is 15.2 Å². The third-order valence-electron chi connectivity index (χ3n) is 7.09. The van der Waals surface area contributed by atoms with Gasteiger partial charge in [-0.15, -0.1) is 0 Å². The lowest BCUT2D eigenvalue weighted by molar-refractivity contribution is -0.153. The first-order valence-corrected chi connectivity index (χ1v) is 13.9. The van der Waals surface area contributed by atoms with Crippen molar-refractivity contribution in [2.45, 2.75) is 105 Å². The van der Waals surface area contributed by atoms with Gasteiger partial charge in [0.2, 0.25) is 0 Å².